The van der Waals surface area contributed by atoms with E-state index in [1.807, 2.05) is 45.0 Å². The number of hydrogen-bond acceptors (Lipinski definition) is 4. The van der Waals surface area contributed by atoms with E-state index in [0.29, 0.717) is 62.1 Å². The molecule has 6 N–H and O–H groups in total. The van der Waals surface area contributed by atoms with Gasteiger partial charge in [-0.3, -0.25) is 0 Å². The molecule has 9 heteroatoms. The van der Waals surface area contributed by atoms with Gasteiger partial charge in [0, 0.05) is 37.7 Å². The molecule has 214 valence electrons. The summed E-state index contributed by atoms with van der Waals surface area (Å²) in [5.74, 6) is -0.809. The largest absolute Gasteiger partial charge is 0.465 e. The number of aliphatic hydroxyl groups is 1. The maximum absolute atomic E-state index is 15.5. The number of nitrogens with two attached hydrogens (primary N) is 1. The number of carboxylic acid groups (broad SMARTS) is 1. The molecule has 1 aliphatic rings. The number of likely N-dealkylation sites (tertiary alicyclic amines) is 1. The van der Waals surface area contributed by atoms with Crippen LogP contribution in [-0.2, 0) is 12.0 Å². The van der Waals surface area contributed by atoms with Crippen LogP contribution in [0.3, 0.4) is 0 Å². The van der Waals surface area contributed by atoms with E-state index in [2.05, 4.69) is 10.6 Å². The molecular weight excluding hydrogens is 499 g/mol. The first kappa shape index (κ1) is 30.4. The maximum atomic E-state index is 15.5. The van der Waals surface area contributed by atoms with Gasteiger partial charge in [0.1, 0.15) is 5.82 Å². The first-order valence-corrected chi connectivity index (χ1v) is 13.8. The van der Waals surface area contributed by atoms with Gasteiger partial charge in [-0.25, -0.2) is 14.0 Å². The van der Waals surface area contributed by atoms with Crippen molar-refractivity contribution in [2.45, 2.75) is 58.5 Å². The molecule has 39 heavy (non-hydrogen) atoms. The summed E-state index contributed by atoms with van der Waals surface area (Å²) in [7, 11) is 0. The van der Waals surface area contributed by atoms with E-state index in [0.717, 1.165) is 12.0 Å². The molecule has 0 aromatic heterocycles. The Bertz CT molecular complexity index is 1140. The van der Waals surface area contributed by atoms with Crippen LogP contribution in [0.5, 0.6) is 0 Å². The van der Waals surface area contributed by atoms with Crippen LogP contribution in [0, 0.1) is 17.2 Å². The van der Waals surface area contributed by atoms with Crippen LogP contribution in [-0.4, -0.2) is 60.0 Å². The van der Waals surface area contributed by atoms with Crippen molar-refractivity contribution in [1.82, 2.24) is 15.5 Å². The number of urea groups is 1. The summed E-state index contributed by atoms with van der Waals surface area (Å²) >= 11 is 0. The van der Waals surface area contributed by atoms with Gasteiger partial charge in [0.2, 0.25) is 0 Å². The van der Waals surface area contributed by atoms with Crippen molar-refractivity contribution in [3.8, 4) is 11.1 Å². The second-order valence-corrected chi connectivity index (χ2v) is 11.3. The molecular formula is C30H43FN4O4. The van der Waals surface area contributed by atoms with Crippen LogP contribution in [0.15, 0.2) is 42.5 Å². The van der Waals surface area contributed by atoms with Crippen molar-refractivity contribution >= 4 is 12.1 Å². The van der Waals surface area contributed by atoms with Crippen molar-refractivity contribution in [3.63, 3.8) is 0 Å². The standard InChI is InChI=1S/C30H43FN4O4/c1-4-21-9-5-10-22(17-21)26-24(12-6-13-25(26)31)30(39,14-8-15-33-28(37)38)23-11-7-16-35(18-23)27(36)34-20-29(2,3)19-32/h5-6,9-10,12-13,17,23,33,39H,4,7-8,11,14-16,18-20,32H2,1-3H3,(H,34,36)(H,37,38). The fraction of sp³-hybridized carbons (Fsp3) is 0.533. The number of aryl methyl sites for hydroxylation is 1. The molecule has 0 aliphatic carbocycles. The van der Waals surface area contributed by atoms with Crippen LogP contribution >= 0.6 is 0 Å². The van der Waals surface area contributed by atoms with Gasteiger partial charge in [-0.2, -0.15) is 0 Å². The zero-order chi connectivity index (χ0) is 28.6. The van der Waals surface area contributed by atoms with E-state index >= 15 is 4.39 Å². The number of piperidine rings is 1. The van der Waals surface area contributed by atoms with Crippen LogP contribution in [0.25, 0.3) is 11.1 Å². The molecule has 8 nitrogen and oxygen atoms in total. The molecule has 2 aromatic carbocycles. The van der Waals surface area contributed by atoms with Gasteiger partial charge in [-0.1, -0.05) is 57.2 Å². The average Bonchev–Trinajstić information content (AvgIpc) is 2.93. The van der Waals surface area contributed by atoms with Gasteiger partial charge in [-0.15, -0.1) is 0 Å². The summed E-state index contributed by atoms with van der Waals surface area (Å²) in [6, 6.07) is 12.2. The minimum Gasteiger partial charge on any atom is -0.465 e. The Morgan fingerprint density at radius 2 is 1.92 bits per heavy atom. The lowest BCUT2D eigenvalue weighted by atomic mass is 9.72. The number of halogens is 1. The maximum Gasteiger partial charge on any atom is 0.404 e. The molecule has 1 heterocycles. The normalized spacial score (nSPS) is 17.4. The molecule has 2 aromatic rings. The third kappa shape index (κ3) is 7.70. The third-order valence-electron chi connectivity index (χ3n) is 7.77. The number of nitrogens with one attached hydrogen (secondary N) is 2. The fourth-order valence-corrected chi connectivity index (χ4v) is 5.29. The van der Waals surface area contributed by atoms with Gasteiger partial charge in [0.25, 0.3) is 0 Å². The predicted molar refractivity (Wildman–Crippen MR) is 151 cm³/mol. The van der Waals surface area contributed by atoms with E-state index in [1.165, 1.54) is 6.07 Å². The Labute approximate surface area is 230 Å². The molecule has 2 unspecified atom stereocenters. The van der Waals surface area contributed by atoms with E-state index in [1.54, 1.807) is 17.0 Å². The monoisotopic (exact) mass is 542 g/mol. The Kier molecular flexibility index (Phi) is 10.3. The third-order valence-corrected chi connectivity index (χ3v) is 7.77. The van der Waals surface area contributed by atoms with Gasteiger partial charge >= 0.3 is 12.1 Å². The second-order valence-electron chi connectivity index (χ2n) is 11.3. The van der Waals surface area contributed by atoms with Gasteiger partial charge in [0.05, 0.1) is 5.60 Å². The van der Waals surface area contributed by atoms with Crippen molar-refractivity contribution in [2.75, 3.05) is 32.7 Å². The molecule has 1 aliphatic heterocycles. The lowest BCUT2D eigenvalue weighted by Gasteiger charge is -2.43. The fourth-order valence-electron chi connectivity index (χ4n) is 5.29. The van der Waals surface area contributed by atoms with E-state index in [-0.39, 0.29) is 30.3 Å². The molecule has 0 bridgehead atoms. The quantitative estimate of drug-likeness (QED) is 0.263. The summed E-state index contributed by atoms with van der Waals surface area (Å²) < 4.78 is 15.5. The van der Waals surface area contributed by atoms with Crippen molar-refractivity contribution < 1.29 is 24.2 Å². The van der Waals surface area contributed by atoms with Crippen LogP contribution < -0.4 is 16.4 Å². The highest BCUT2D eigenvalue weighted by molar-refractivity contribution is 5.74. The Morgan fingerprint density at radius 3 is 2.62 bits per heavy atom. The molecule has 1 saturated heterocycles. The highest BCUT2D eigenvalue weighted by atomic mass is 19.1. The molecule has 2 atom stereocenters. The average molecular weight is 543 g/mol. The van der Waals surface area contributed by atoms with Crippen molar-refractivity contribution in [1.29, 1.82) is 0 Å². The summed E-state index contributed by atoms with van der Waals surface area (Å²) in [6.07, 6.45) is 1.53. The number of nitrogens with zero attached hydrogens (tertiary/aromatic N) is 1. The zero-order valence-electron chi connectivity index (χ0n) is 23.3. The molecule has 3 amide bonds. The summed E-state index contributed by atoms with van der Waals surface area (Å²) in [4.78, 5) is 25.8. The first-order chi connectivity index (χ1) is 18.5. The second kappa shape index (κ2) is 13.3. The molecule has 3 rings (SSSR count). The molecule has 0 saturated carbocycles. The number of rotatable bonds is 11. The topological polar surface area (TPSA) is 128 Å². The number of amides is 3. The summed E-state index contributed by atoms with van der Waals surface area (Å²) in [6.45, 7) is 7.85. The SMILES string of the molecule is CCc1cccc(-c2c(F)cccc2C(O)(CCCNC(=O)O)C2CCCN(C(=O)NCC(C)(C)CN)C2)c1. The highest BCUT2D eigenvalue weighted by Crippen LogP contribution is 2.44. The van der Waals surface area contributed by atoms with Crippen molar-refractivity contribution in [3.05, 3.63) is 59.4 Å². The Morgan fingerprint density at radius 1 is 1.18 bits per heavy atom. The van der Waals surface area contributed by atoms with Crippen molar-refractivity contribution in [2.24, 2.45) is 17.1 Å². The Balaban J connectivity index is 1.98. The van der Waals surface area contributed by atoms with Gasteiger partial charge < -0.3 is 31.5 Å². The van der Waals surface area contributed by atoms with Crippen LogP contribution in [0.1, 0.15) is 57.6 Å². The first-order valence-electron chi connectivity index (χ1n) is 13.8. The summed E-state index contributed by atoms with van der Waals surface area (Å²) in [5, 5.41) is 26.8. The number of carbonyl (C=O) groups excluding carboxylic acids is 1. The summed E-state index contributed by atoms with van der Waals surface area (Å²) in [5.41, 5.74) is 6.61. The van der Waals surface area contributed by atoms with E-state index < -0.39 is 17.5 Å². The molecule has 0 spiro atoms. The van der Waals surface area contributed by atoms with Gasteiger partial charge in [-0.05, 0) is 66.8 Å². The lowest BCUT2D eigenvalue weighted by Crippen LogP contribution is -2.52. The van der Waals surface area contributed by atoms with E-state index in [4.69, 9.17) is 10.8 Å². The lowest BCUT2D eigenvalue weighted by molar-refractivity contribution is -0.0549. The smallest absolute Gasteiger partial charge is 0.404 e. The van der Waals surface area contributed by atoms with Crippen LogP contribution in [0.4, 0.5) is 14.0 Å². The highest BCUT2D eigenvalue weighted by Gasteiger charge is 2.43. The molecule has 0 radical (unpaired) electrons. The number of carbonyl (C=O) groups is 2. The Hall–Kier alpha value is -3.17. The van der Waals surface area contributed by atoms with Crippen LogP contribution in [0.2, 0.25) is 0 Å². The van der Waals surface area contributed by atoms with E-state index in [9.17, 15) is 14.7 Å². The predicted octanol–water partition coefficient (Wildman–Crippen LogP) is 4.70. The van der Waals surface area contributed by atoms with Gasteiger partial charge in [0.15, 0.2) is 0 Å². The minimum absolute atomic E-state index is 0.151. The number of hydrogen-bond donors (Lipinski definition) is 5. The minimum atomic E-state index is -1.49. The number of benzene rings is 2. The zero-order valence-corrected chi connectivity index (χ0v) is 23.3. The molecule has 1 fully saturated rings.